The SMILES string of the molecule is Cc1ccc(C(CN)C(=O)OC2CC3CCC(C2)N3C)c(C)c1. The maximum Gasteiger partial charge on any atom is 0.314 e. The number of benzene rings is 1. The van der Waals surface area contributed by atoms with E-state index in [9.17, 15) is 4.79 Å². The van der Waals surface area contributed by atoms with Crippen LogP contribution < -0.4 is 5.73 Å². The first-order chi connectivity index (χ1) is 11.0. The van der Waals surface area contributed by atoms with Crippen molar-refractivity contribution in [3.05, 3.63) is 34.9 Å². The summed E-state index contributed by atoms with van der Waals surface area (Å²) in [5, 5.41) is 0. The molecule has 4 nitrogen and oxygen atoms in total. The Kier molecular flexibility index (Phi) is 4.74. The monoisotopic (exact) mass is 316 g/mol. The normalized spacial score (nSPS) is 28.6. The molecule has 2 aliphatic rings. The Morgan fingerprint density at radius 1 is 1.30 bits per heavy atom. The fourth-order valence-corrected chi connectivity index (χ4v) is 4.27. The van der Waals surface area contributed by atoms with Crippen molar-refractivity contribution in [3.63, 3.8) is 0 Å². The molecular weight excluding hydrogens is 288 g/mol. The van der Waals surface area contributed by atoms with Crippen molar-refractivity contribution in [1.29, 1.82) is 0 Å². The van der Waals surface area contributed by atoms with E-state index in [0.29, 0.717) is 18.6 Å². The molecule has 3 unspecified atom stereocenters. The zero-order valence-electron chi connectivity index (χ0n) is 14.4. The molecule has 2 heterocycles. The minimum atomic E-state index is -0.354. The standard InChI is InChI=1S/C19H28N2O2/c1-12-4-7-17(13(2)8-12)18(11-20)19(22)23-16-9-14-5-6-15(10-16)21(14)3/h4,7-8,14-16,18H,5-6,9-11,20H2,1-3H3. The first kappa shape index (κ1) is 16.5. The van der Waals surface area contributed by atoms with Crippen LogP contribution in [-0.4, -0.2) is 42.6 Å². The largest absolute Gasteiger partial charge is 0.462 e. The number of ether oxygens (including phenoxy) is 1. The highest BCUT2D eigenvalue weighted by atomic mass is 16.5. The average molecular weight is 316 g/mol. The van der Waals surface area contributed by atoms with Gasteiger partial charge in [-0.25, -0.2) is 0 Å². The number of hydrogen-bond donors (Lipinski definition) is 1. The Bertz CT molecular complexity index is 573. The smallest absolute Gasteiger partial charge is 0.314 e. The molecule has 3 rings (SSSR count). The quantitative estimate of drug-likeness (QED) is 0.867. The summed E-state index contributed by atoms with van der Waals surface area (Å²) < 4.78 is 5.87. The number of hydrogen-bond acceptors (Lipinski definition) is 4. The molecule has 3 atom stereocenters. The number of nitrogens with two attached hydrogens (primary N) is 1. The Morgan fingerprint density at radius 3 is 2.52 bits per heavy atom. The van der Waals surface area contributed by atoms with Crippen molar-refractivity contribution in [2.45, 2.75) is 63.6 Å². The van der Waals surface area contributed by atoms with E-state index in [1.807, 2.05) is 19.1 Å². The van der Waals surface area contributed by atoms with Crippen LogP contribution in [0.25, 0.3) is 0 Å². The fraction of sp³-hybridized carbons (Fsp3) is 0.632. The topological polar surface area (TPSA) is 55.6 Å². The van der Waals surface area contributed by atoms with Crippen molar-refractivity contribution in [3.8, 4) is 0 Å². The molecule has 2 aliphatic heterocycles. The van der Waals surface area contributed by atoms with Crippen LogP contribution in [-0.2, 0) is 9.53 Å². The lowest BCUT2D eigenvalue weighted by Crippen LogP contribution is -2.44. The van der Waals surface area contributed by atoms with Crippen molar-refractivity contribution in [1.82, 2.24) is 4.90 Å². The number of esters is 1. The summed E-state index contributed by atoms with van der Waals surface area (Å²) in [6.07, 6.45) is 4.43. The number of piperidine rings is 1. The maximum atomic E-state index is 12.7. The Labute approximate surface area is 139 Å². The summed E-state index contributed by atoms with van der Waals surface area (Å²) in [6, 6.07) is 7.30. The van der Waals surface area contributed by atoms with Crippen molar-refractivity contribution < 1.29 is 9.53 Å². The van der Waals surface area contributed by atoms with Crippen LogP contribution in [0.1, 0.15) is 48.3 Å². The third-order valence-electron chi connectivity index (χ3n) is 5.66. The van der Waals surface area contributed by atoms with Gasteiger partial charge in [-0.1, -0.05) is 23.8 Å². The van der Waals surface area contributed by atoms with E-state index in [-0.39, 0.29) is 18.0 Å². The fourth-order valence-electron chi connectivity index (χ4n) is 4.27. The summed E-state index contributed by atoms with van der Waals surface area (Å²) >= 11 is 0. The van der Waals surface area contributed by atoms with Gasteiger partial charge in [-0.3, -0.25) is 4.79 Å². The molecule has 1 aromatic rings. The van der Waals surface area contributed by atoms with E-state index in [4.69, 9.17) is 10.5 Å². The Morgan fingerprint density at radius 2 is 1.96 bits per heavy atom. The molecule has 1 aromatic carbocycles. The predicted octanol–water partition coefficient (Wildman–Crippen LogP) is 2.51. The number of carbonyl (C=O) groups excluding carboxylic acids is 1. The van der Waals surface area contributed by atoms with E-state index in [1.54, 1.807) is 0 Å². The summed E-state index contributed by atoms with van der Waals surface area (Å²) in [4.78, 5) is 15.1. The van der Waals surface area contributed by atoms with Gasteiger partial charge in [0.15, 0.2) is 0 Å². The highest BCUT2D eigenvalue weighted by Gasteiger charge is 2.40. The molecule has 2 N–H and O–H groups in total. The van der Waals surface area contributed by atoms with Gasteiger partial charge in [0.25, 0.3) is 0 Å². The third-order valence-corrected chi connectivity index (χ3v) is 5.66. The molecule has 0 saturated carbocycles. The van der Waals surface area contributed by atoms with E-state index in [2.05, 4.69) is 24.9 Å². The predicted molar refractivity (Wildman–Crippen MR) is 91.4 cm³/mol. The van der Waals surface area contributed by atoms with Gasteiger partial charge in [-0.15, -0.1) is 0 Å². The Balaban J connectivity index is 1.69. The zero-order valence-corrected chi connectivity index (χ0v) is 14.4. The molecule has 4 heteroatoms. The van der Waals surface area contributed by atoms with Crippen LogP contribution in [0.5, 0.6) is 0 Å². The molecule has 0 radical (unpaired) electrons. The number of nitrogens with zero attached hydrogens (tertiary/aromatic N) is 1. The Hall–Kier alpha value is -1.39. The van der Waals surface area contributed by atoms with Gasteiger partial charge in [0, 0.05) is 18.6 Å². The van der Waals surface area contributed by atoms with E-state index in [0.717, 1.165) is 24.0 Å². The van der Waals surface area contributed by atoms with E-state index in [1.165, 1.54) is 18.4 Å². The van der Waals surface area contributed by atoms with E-state index < -0.39 is 0 Å². The second kappa shape index (κ2) is 6.62. The van der Waals surface area contributed by atoms with Crippen LogP contribution in [0.2, 0.25) is 0 Å². The molecule has 2 bridgehead atoms. The molecule has 2 saturated heterocycles. The van der Waals surface area contributed by atoms with Gasteiger partial charge in [0.1, 0.15) is 6.10 Å². The lowest BCUT2D eigenvalue weighted by molar-refractivity contribution is -0.154. The van der Waals surface area contributed by atoms with Gasteiger partial charge in [0.05, 0.1) is 5.92 Å². The van der Waals surface area contributed by atoms with Gasteiger partial charge < -0.3 is 15.4 Å². The third kappa shape index (κ3) is 3.29. The molecule has 0 spiro atoms. The molecule has 0 amide bonds. The second-order valence-electron chi connectivity index (χ2n) is 7.23. The number of carbonyl (C=O) groups is 1. The van der Waals surface area contributed by atoms with Gasteiger partial charge in [-0.2, -0.15) is 0 Å². The van der Waals surface area contributed by atoms with E-state index >= 15 is 0 Å². The molecular formula is C19H28N2O2. The van der Waals surface area contributed by atoms with Crippen LogP contribution in [0, 0.1) is 13.8 Å². The molecule has 23 heavy (non-hydrogen) atoms. The number of aryl methyl sites for hydroxylation is 2. The number of rotatable bonds is 4. The van der Waals surface area contributed by atoms with Gasteiger partial charge in [-0.05, 0) is 57.7 Å². The summed E-state index contributed by atoms with van der Waals surface area (Å²) in [7, 11) is 2.19. The molecule has 2 fully saturated rings. The van der Waals surface area contributed by atoms with Crippen LogP contribution in [0.3, 0.4) is 0 Å². The maximum absolute atomic E-state index is 12.7. The highest BCUT2D eigenvalue weighted by Crippen LogP contribution is 2.36. The van der Waals surface area contributed by atoms with Crippen LogP contribution >= 0.6 is 0 Å². The number of fused-ring (bicyclic) bond motifs is 2. The van der Waals surface area contributed by atoms with Crippen molar-refractivity contribution in [2.75, 3.05) is 13.6 Å². The summed E-state index contributed by atoms with van der Waals surface area (Å²) in [5.74, 6) is -0.513. The first-order valence-electron chi connectivity index (χ1n) is 8.69. The van der Waals surface area contributed by atoms with Crippen molar-refractivity contribution in [2.24, 2.45) is 5.73 Å². The van der Waals surface area contributed by atoms with Gasteiger partial charge >= 0.3 is 5.97 Å². The molecule has 126 valence electrons. The average Bonchev–Trinajstić information content (AvgIpc) is 2.72. The van der Waals surface area contributed by atoms with Crippen LogP contribution in [0.4, 0.5) is 0 Å². The van der Waals surface area contributed by atoms with Gasteiger partial charge in [0.2, 0.25) is 0 Å². The van der Waals surface area contributed by atoms with Crippen LogP contribution in [0.15, 0.2) is 18.2 Å². The zero-order chi connectivity index (χ0) is 16.6. The lowest BCUT2D eigenvalue weighted by Gasteiger charge is -2.36. The first-order valence-corrected chi connectivity index (χ1v) is 8.69. The summed E-state index contributed by atoms with van der Waals surface area (Å²) in [6.45, 7) is 4.39. The molecule has 0 aromatic heterocycles. The second-order valence-corrected chi connectivity index (χ2v) is 7.23. The van der Waals surface area contributed by atoms with Crippen molar-refractivity contribution >= 4 is 5.97 Å². The minimum absolute atomic E-state index is 0.0519. The highest BCUT2D eigenvalue weighted by molar-refractivity contribution is 5.79. The summed E-state index contributed by atoms with van der Waals surface area (Å²) in [5.41, 5.74) is 9.21. The molecule has 0 aliphatic carbocycles. The lowest BCUT2D eigenvalue weighted by atomic mass is 9.93. The minimum Gasteiger partial charge on any atom is -0.462 e.